The van der Waals surface area contributed by atoms with Gasteiger partial charge in [0.2, 0.25) is 6.79 Å². The molecule has 0 radical (unpaired) electrons. The summed E-state index contributed by atoms with van der Waals surface area (Å²) in [5, 5.41) is 24.0. The first-order valence-electron chi connectivity index (χ1n) is 14.0. The molecule has 3 heterocycles. The molecule has 1 aliphatic rings. The Morgan fingerprint density at radius 3 is 2.35 bits per heavy atom. The van der Waals surface area contributed by atoms with Crippen LogP contribution in [0.3, 0.4) is 0 Å². The van der Waals surface area contributed by atoms with Crippen LogP contribution >= 0.6 is 0 Å². The summed E-state index contributed by atoms with van der Waals surface area (Å²) in [7, 11) is 0. The van der Waals surface area contributed by atoms with Crippen LogP contribution in [0.15, 0.2) is 48.8 Å². The molecule has 4 rings (SSSR count). The third kappa shape index (κ3) is 8.08. The Morgan fingerprint density at radius 1 is 1.00 bits per heavy atom. The van der Waals surface area contributed by atoms with Gasteiger partial charge in [0.25, 0.3) is 6.43 Å². The maximum atomic E-state index is 13.1. The third-order valence-electron chi connectivity index (χ3n) is 7.59. The van der Waals surface area contributed by atoms with Crippen molar-refractivity contribution in [3.8, 4) is 11.3 Å². The van der Waals surface area contributed by atoms with Crippen molar-refractivity contribution in [2.45, 2.75) is 71.0 Å². The van der Waals surface area contributed by atoms with Gasteiger partial charge >= 0.3 is 11.9 Å². The van der Waals surface area contributed by atoms with Crippen LogP contribution in [0.2, 0.25) is 0 Å². The van der Waals surface area contributed by atoms with Crippen LogP contribution in [-0.4, -0.2) is 49.5 Å². The van der Waals surface area contributed by atoms with Crippen molar-refractivity contribution >= 4 is 23.6 Å². The fourth-order valence-corrected chi connectivity index (χ4v) is 5.04. The summed E-state index contributed by atoms with van der Waals surface area (Å²) in [6.45, 7) is 5.59. The summed E-state index contributed by atoms with van der Waals surface area (Å²) in [5.41, 5.74) is -0.375. The maximum absolute atomic E-state index is 13.1. The predicted octanol–water partition coefficient (Wildman–Crippen LogP) is 5.36. The van der Waals surface area contributed by atoms with E-state index in [1.54, 1.807) is 25.3 Å². The number of aromatic nitrogens is 3. The first-order chi connectivity index (χ1) is 20.2. The molecule has 1 atom stereocenters. The highest BCUT2D eigenvalue weighted by Gasteiger charge is 2.39. The smallest absolute Gasteiger partial charge is 0.340 e. The number of anilines is 2. The molecular weight excluding hydrogens is 562 g/mol. The lowest BCUT2D eigenvalue weighted by atomic mass is 9.73. The lowest BCUT2D eigenvalue weighted by Crippen LogP contribution is -2.37. The standard InChI is InChI=1S/C31H36F2N4O6/c1-18-13-23(36-26(14-18)37-25-15-20(27(32)33)11-12-34-25)21-7-10-24(35-16-21)31(4,41)22-8-5-19(6-9-22)28(38)42-17-43-29(39)30(2,3)40/h7,10-16,19,22,27,40-41H,5-6,8-9,17H2,1-4H3,(H,34,36,37)/t19-,22-,31-/m1/s1. The van der Waals surface area contributed by atoms with E-state index in [2.05, 4.69) is 20.3 Å². The topological polar surface area (TPSA) is 144 Å². The molecule has 0 aliphatic heterocycles. The number of nitrogens with zero attached hydrogens (tertiary/aromatic N) is 3. The summed E-state index contributed by atoms with van der Waals surface area (Å²) in [6, 6.07) is 9.75. The number of carbonyl (C=O) groups excluding carboxylic acids is 2. The Balaban J connectivity index is 1.37. The highest BCUT2D eigenvalue weighted by atomic mass is 19.3. The average Bonchev–Trinajstić information content (AvgIpc) is 2.96. The van der Waals surface area contributed by atoms with Crippen LogP contribution < -0.4 is 5.32 Å². The molecule has 3 aromatic rings. The van der Waals surface area contributed by atoms with Gasteiger partial charge in [0.05, 0.1) is 17.3 Å². The number of alkyl halides is 2. The Bertz CT molecular complexity index is 1430. The molecule has 0 bridgehead atoms. The van der Waals surface area contributed by atoms with Crippen molar-refractivity contribution in [2.75, 3.05) is 12.1 Å². The molecule has 230 valence electrons. The van der Waals surface area contributed by atoms with Gasteiger partial charge in [-0.2, -0.15) is 0 Å². The van der Waals surface area contributed by atoms with Crippen molar-refractivity contribution in [2.24, 2.45) is 11.8 Å². The predicted molar refractivity (Wildman–Crippen MR) is 153 cm³/mol. The minimum Gasteiger partial charge on any atom is -0.428 e. The van der Waals surface area contributed by atoms with Gasteiger partial charge in [-0.1, -0.05) is 0 Å². The number of esters is 2. The van der Waals surface area contributed by atoms with E-state index in [4.69, 9.17) is 9.47 Å². The Labute approximate surface area is 248 Å². The summed E-state index contributed by atoms with van der Waals surface area (Å²) >= 11 is 0. The molecule has 0 amide bonds. The van der Waals surface area contributed by atoms with Gasteiger partial charge in [-0.05, 0) is 101 Å². The highest BCUT2D eigenvalue weighted by Crippen LogP contribution is 2.41. The number of hydrogen-bond acceptors (Lipinski definition) is 10. The van der Waals surface area contributed by atoms with Crippen molar-refractivity contribution in [1.29, 1.82) is 0 Å². The van der Waals surface area contributed by atoms with Crippen LogP contribution in [0.25, 0.3) is 11.3 Å². The van der Waals surface area contributed by atoms with Gasteiger partial charge < -0.3 is 25.0 Å². The lowest BCUT2D eigenvalue weighted by molar-refractivity contribution is -0.182. The van der Waals surface area contributed by atoms with E-state index in [0.29, 0.717) is 48.5 Å². The second kappa shape index (κ2) is 13.1. The first kappa shape index (κ1) is 31.9. The molecule has 0 aromatic carbocycles. The number of pyridine rings is 3. The lowest BCUT2D eigenvalue weighted by Gasteiger charge is -2.37. The fraction of sp³-hybridized carbons (Fsp3) is 0.452. The number of ether oxygens (including phenoxy) is 2. The molecule has 3 N–H and O–H groups in total. The Morgan fingerprint density at radius 2 is 1.72 bits per heavy atom. The average molecular weight is 599 g/mol. The van der Waals surface area contributed by atoms with Crippen LogP contribution in [0.1, 0.15) is 69.7 Å². The molecule has 3 aromatic heterocycles. The van der Waals surface area contributed by atoms with E-state index in [-0.39, 0.29) is 23.2 Å². The molecule has 0 saturated heterocycles. The molecule has 1 fully saturated rings. The normalized spacial score (nSPS) is 18.5. The maximum Gasteiger partial charge on any atom is 0.340 e. The third-order valence-corrected chi connectivity index (χ3v) is 7.59. The monoisotopic (exact) mass is 598 g/mol. The van der Waals surface area contributed by atoms with Crippen LogP contribution in [0.5, 0.6) is 0 Å². The molecule has 10 nitrogen and oxygen atoms in total. The zero-order valence-corrected chi connectivity index (χ0v) is 24.5. The van der Waals surface area contributed by atoms with E-state index < -0.39 is 36.4 Å². The SMILES string of the molecule is Cc1cc(Nc2cc(C(F)F)ccn2)nc(-c2ccc([C@](C)(O)[C@H]3CC[C@H](C(=O)OCOC(=O)C(C)(C)O)CC3)nc2)c1. The van der Waals surface area contributed by atoms with Crippen molar-refractivity contribution < 1.29 is 38.1 Å². The minimum atomic E-state index is -2.61. The minimum absolute atomic E-state index is 0.142. The fourth-order valence-electron chi connectivity index (χ4n) is 5.04. The van der Waals surface area contributed by atoms with E-state index >= 15 is 0 Å². The van der Waals surface area contributed by atoms with Crippen LogP contribution in [-0.2, 0) is 24.7 Å². The number of aliphatic hydroxyl groups is 2. The number of rotatable bonds is 10. The second-order valence-electron chi connectivity index (χ2n) is 11.5. The van der Waals surface area contributed by atoms with Gasteiger partial charge in [0, 0.05) is 23.5 Å². The summed E-state index contributed by atoms with van der Waals surface area (Å²) in [5.74, 6) is -1.21. The summed E-state index contributed by atoms with van der Waals surface area (Å²) in [4.78, 5) is 37.3. The molecular formula is C31H36F2N4O6. The number of halogens is 2. The highest BCUT2D eigenvalue weighted by molar-refractivity contribution is 5.78. The number of nitrogens with one attached hydrogen (secondary N) is 1. The van der Waals surface area contributed by atoms with E-state index in [0.717, 1.165) is 5.56 Å². The zero-order chi connectivity index (χ0) is 31.4. The molecule has 0 unspecified atom stereocenters. The van der Waals surface area contributed by atoms with E-state index in [1.807, 2.05) is 19.1 Å². The molecule has 1 aliphatic carbocycles. The van der Waals surface area contributed by atoms with Crippen LogP contribution in [0, 0.1) is 18.8 Å². The van der Waals surface area contributed by atoms with Gasteiger partial charge in [0.1, 0.15) is 17.2 Å². The molecule has 0 spiro atoms. The van der Waals surface area contributed by atoms with E-state index in [9.17, 15) is 28.6 Å². The van der Waals surface area contributed by atoms with E-state index in [1.165, 1.54) is 32.2 Å². The van der Waals surface area contributed by atoms with Crippen molar-refractivity contribution in [1.82, 2.24) is 15.0 Å². The van der Waals surface area contributed by atoms with Gasteiger partial charge in [-0.15, -0.1) is 0 Å². The summed E-state index contributed by atoms with van der Waals surface area (Å²) < 4.78 is 36.0. The van der Waals surface area contributed by atoms with Gasteiger partial charge in [-0.3, -0.25) is 9.78 Å². The second-order valence-corrected chi connectivity index (χ2v) is 11.5. The van der Waals surface area contributed by atoms with Crippen molar-refractivity contribution in [3.63, 3.8) is 0 Å². The zero-order valence-electron chi connectivity index (χ0n) is 24.5. The van der Waals surface area contributed by atoms with Gasteiger partial charge in [0.15, 0.2) is 5.60 Å². The first-order valence-corrected chi connectivity index (χ1v) is 14.0. The quantitative estimate of drug-likeness (QED) is 0.206. The molecule has 1 saturated carbocycles. The molecule has 43 heavy (non-hydrogen) atoms. The van der Waals surface area contributed by atoms with Crippen molar-refractivity contribution in [3.05, 3.63) is 65.6 Å². The van der Waals surface area contributed by atoms with Crippen LogP contribution in [0.4, 0.5) is 20.4 Å². The number of carbonyl (C=O) groups is 2. The largest absolute Gasteiger partial charge is 0.428 e. The number of aryl methyl sites for hydroxylation is 1. The molecule has 12 heteroatoms. The number of hydrogen-bond donors (Lipinski definition) is 3. The Hall–Kier alpha value is -4.03. The van der Waals surface area contributed by atoms with Gasteiger partial charge in [-0.25, -0.2) is 23.5 Å². The Kier molecular flexibility index (Phi) is 9.71. The summed E-state index contributed by atoms with van der Waals surface area (Å²) in [6.07, 6.45) is 2.45.